The molecule has 3 nitrogen and oxygen atoms in total. The smallest absolute Gasteiger partial charge is 0.332 e. The van der Waals surface area contributed by atoms with E-state index in [1.807, 2.05) is 0 Å². The summed E-state index contributed by atoms with van der Waals surface area (Å²) in [5, 5.41) is 17.6. The zero-order valence-corrected chi connectivity index (χ0v) is 12.6. The van der Waals surface area contributed by atoms with Crippen molar-refractivity contribution < 1.29 is 15.0 Å². The Morgan fingerprint density at radius 2 is 1.16 bits per heavy atom. The summed E-state index contributed by atoms with van der Waals surface area (Å²) in [6.07, 6.45) is 14.4. The lowest BCUT2D eigenvalue weighted by molar-refractivity contribution is -0.146. The van der Waals surface area contributed by atoms with Gasteiger partial charge in [-0.2, -0.15) is 0 Å². The van der Waals surface area contributed by atoms with Crippen molar-refractivity contribution >= 4 is 5.97 Å². The average molecular weight is 272 g/mol. The highest BCUT2D eigenvalue weighted by Crippen LogP contribution is 2.12. The monoisotopic (exact) mass is 272 g/mol. The molecule has 0 amide bonds. The highest BCUT2D eigenvalue weighted by molar-refractivity contribution is 5.71. The fourth-order valence-corrected chi connectivity index (χ4v) is 2.30. The average Bonchev–Trinajstić information content (AvgIpc) is 2.39. The number of aliphatic hydroxyl groups is 1. The molecule has 0 bridgehead atoms. The molecule has 0 saturated carbocycles. The Labute approximate surface area is 118 Å². The minimum absolute atomic E-state index is 0.396. The minimum Gasteiger partial charge on any atom is -0.479 e. The minimum atomic E-state index is -1.16. The van der Waals surface area contributed by atoms with Crippen LogP contribution in [0.1, 0.15) is 90.4 Å². The summed E-state index contributed by atoms with van der Waals surface area (Å²) in [6, 6.07) is 0. The van der Waals surface area contributed by atoms with Gasteiger partial charge in [0.25, 0.3) is 0 Å². The molecule has 0 radical (unpaired) electrons. The lowest BCUT2D eigenvalue weighted by atomic mass is 10.0. The largest absolute Gasteiger partial charge is 0.479 e. The third kappa shape index (κ3) is 13.7. The molecule has 19 heavy (non-hydrogen) atoms. The van der Waals surface area contributed by atoms with Gasteiger partial charge in [0.1, 0.15) is 0 Å². The molecule has 0 aromatic carbocycles. The quantitative estimate of drug-likeness (QED) is 0.457. The van der Waals surface area contributed by atoms with Crippen LogP contribution >= 0.6 is 0 Å². The molecule has 0 aliphatic carbocycles. The van der Waals surface area contributed by atoms with Crippen molar-refractivity contribution in [3.8, 4) is 0 Å². The fourth-order valence-electron chi connectivity index (χ4n) is 2.30. The Bertz CT molecular complexity index is 204. The SMILES string of the molecule is CCCCCCCCCCCCCC[C@@H](O)C(=O)O. The maximum absolute atomic E-state index is 10.4. The topological polar surface area (TPSA) is 57.5 Å². The second kappa shape index (κ2) is 13.9. The van der Waals surface area contributed by atoms with Gasteiger partial charge in [-0.25, -0.2) is 4.79 Å². The van der Waals surface area contributed by atoms with Crippen molar-refractivity contribution in [2.24, 2.45) is 0 Å². The number of carboxylic acids is 1. The summed E-state index contributed by atoms with van der Waals surface area (Å²) < 4.78 is 0. The fraction of sp³-hybridized carbons (Fsp3) is 0.938. The number of carbonyl (C=O) groups is 1. The van der Waals surface area contributed by atoms with Gasteiger partial charge < -0.3 is 10.2 Å². The molecule has 0 unspecified atom stereocenters. The first-order valence-electron chi connectivity index (χ1n) is 8.09. The second-order valence-electron chi connectivity index (χ2n) is 5.53. The van der Waals surface area contributed by atoms with Crippen molar-refractivity contribution in [2.75, 3.05) is 0 Å². The molecular formula is C16H32O3. The van der Waals surface area contributed by atoms with Crippen LogP contribution in [0.3, 0.4) is 0 Å². The van der Waals surface area contributed by atoms with E-state index < -0.39 is 12.1 Å². The first-order valence-corrected chi connectivity index (χ1v) is 8.09. The van der Waals surface area contributed by atoms with Crippen LogP contribution in [0.4, 0.5) is 0 Å². The van der Waals surface area contributed by atoms with E-state index in [4.69, 9.17) is 10.2 Å². The normalized spacial score (nSPS) is 12.5. The van der Waals surface area contributed by atoms with Gasteiger partial charge in [-0.1, -0.05) is 84.0 Å². The van der Waals surface area contributed by atoms with Crippen LogP contribution in [0, 0.1) is 0 Å². The Hall–Kier alpha value is -0.570. The molecule has 0 saturated heterocycles. The van der Waals surface area contributed by atoms with Crippen LogP contribution in [0.5, 0.6) is 0 Å². The number of aliphatic carboxylic acids is 1. The Balaban J connectivity index is 3.05. The lowest BCUT2D eigenvalue weighted by Crippen LogP contribution is -2.18. The predicted molar refractivity (Wildman–Crippen MR) is 79.3 cm³/mol. The molecule has 0 spiro atoms. The van der Waals surface area contributed by atoms with Crippen molar-refractivity contribution in [3.63, 3.8) is 0 Å². The zero-order chi connectivity index (χ0) is 14.3. The first-order chi connectivity index (χ1) is 9.18. The summed E-state index contributed by atoms with van der Waals surface area (Å²) in [7, 11) is 0. The van der Waals surface area contributed by atoms with Gasteiger partial charge in [-0.05, 0) is 6.42 Å². The van der Waals surface area contributed by atoms with E-state index in [2.05, 4.69) is 6.92 Å². The van der Waals surface area contributed by atoms with Gasteiger partial charge in [-0.3, -0.25) is 0 Å². The van der Waals surface area contributed by atoms with Gasteiger partial charge in [0.05, 0.1) is 0 Å². The van der Waals surface area contributed by atoms with Crippen LogP contribution in [-0.4, -0.2) is 22.3 Å². The number of rotatable bonds is 14. The highest BCUT2D eigenvalue weighted by Gasteiger charge is 2.11. The maximum atomic E-state index is 10.4. The molecule has 2 N–H and O–H groups in total. The van der Waals surface area contributed by atoms with E-state index in [9.17, 15) is 4.79 Å². The number of unbranched alkanes of at least 4 members (excludes halogenated alkanes) is 11. The summed E-state index contributed by atoms with van der Waals surface area (Å²) >= 11 is 0. The highest BCUT2D eigenvalue weighted by atomic mass is 16.4. The third-order valence-corrected chi connectivity index (χ3v) is 3.62. The molecule has 3 heteroatoms. The molecule has 0 rings (SSSR count). The summed E-state index contributed by atoms with van der Waals surface area (Å²) in [4.78, 5) is 10.4. The molecule has 0 aromatic rings. The maximum Gasteiger partial charge on any atom is 0.332 e. The van der Waals surface area contributed by atoms with Crippen LogP contribution in [-0.2, 0) is 4.79 Å². The predicted octanol–water partition coefficient (Wildman–Crippen LogP) is 4.52. The van der Waals surface area contributed by atoms with E-state index in [0.29, 0.717) is 6.42 Å². The number of carboxylic acid groups (broad SMARTS) is 1. The molecule has 0 fully saturated rings. The van der Waals surface area contributed by atoms with Crippen LogP contribution < -0.4 is 0 Å². The van der Waals surface area contributed by atoms with E-state index in [-0.39, 0.29) is 0 Å². The molecular weight excluding hydrogens is 240 g/mol. The first kappa shape index (κ1) is 18.4. The summed E-state index contributed by atoms with van der Waals surface area (Å²) in [5.41, 5.74) is 0. The van der Waals surface area contributed by atoms with Gasteiger partial charge in [-0.15, -0.1) is 0 Å². The molecule has 0 aliphatic heterocycles. The van der Waals surface area contributed by atoms with Crippen LogP contribution in [0.15, 0.2) is 0 Å². The van der Waals surface area contributed by atoms with Gasteiger partial charge in [0.15, 0.2) is 6.10 Å². The lowest BCUT2D eigenvalue weighted by Gasteiger charge is -2.05. The third-order valence-electron chi connectivity index (χ3n) is 3.62. The van der Waals surface area contributed by atoms with E-state index in [1.54, 1.807) is 0 Å². The van der Waals surface area contributed by atoms with Gasteiger partial charge in [0.2, 0.25) is 0 Å². The van der Waals surface area contributed by atoms with Crippen molar-refractivity contribution in [2.45, 2.75) is 96.5 Å². The molecule has 0 aromatic heterocycles. The number of hydrogen-bond donors (Lipinski definition) is 2. The number of aliphatic hydroxyl groups excluding tert-OH is 1. The Morgan fingerprint density at radius 1 is 0.789 bits per heavy atom. The Kier molecular flexibility index (Phi) is 13.4. The summed E-state index contributed by atoms with van der Waals surface area (Å²) in [5.74, 6) is -1.09. The second-order valence-corrected chi connectivity index (χ2v) is 5.53. The molecule has 1 atom stereocenters. The molecule has 0 heterocycles. The zero-order valence-electron chi connectivity index (χ0n) is 12.6. The standard InChI is InChI=1S/C16H32O3/c1-2-3-4-5-6-7-8-9-10-11-12-13-14-15(17)16(18)19/h15,17H,2-14H2,1H3,(H,18,19)/t15-/m1/s1. The van der Waals surface area contributed by atoms with Crippen LogP contribution in [0.2, 0.25) is 0 Å². The van der Waals surface area contributed by atoms with Crippen molar-refractivity contribution in [1.29, 1.82) is 0 Å². The molecule has 114 valence electrons. The van der Waals surface area contributed by atoms with Gasteiger partial charge >= 0.3 is 5.97 Å². The van der Waals surface area contributed by atoms with Crippen molar-refractivity contribution in [3.05, 3.63) is 0 Å². The molecule has 0 aliphatic rings. The van der Waals surface area contributed by atoms with E-state index in [0.717, 1.165) is 12.8 Å². The van der Waals surface area contributed by atoms with Gasteiger partial charge in [0, 0.05) is 0 Å². The number of hydrogen-bond acceptors (Lipinski definition) is 2. The van der Waals surface area contributed by atoms with E-state index in [1.165, 1.54) is 64.2 Å². The van der Waals surface area contributed by atoms with Crippen molar-refractivity contribution in [1.82, 2.24) is 0 Å². The summed E-state index contributed by atoms with van der Waals surface area (Å²) in [6.45, 7) is 2.25. The van der Waals surface area contributed by atoms with Crippen LogP contribution in [0.25, 0.3) is 0 Å². The van der Waals surface area contributed by atoms with E-state index >= 15 is 0 Å². The Morgan fingerprint density at radius 3 is 1.53 bits per heavy atom.